The molecule has 19 heavy (non-hydrogen) atoms. The van der Waals surface area contributed by atoms with E-state index >= 15 is 0 Å². The van der Waals surface area contributed by atoms with E-state index in [0.29, 0.717) is 11.5 Å². The normalized spacial score (nSPS) is 18.7. The lowest BCUT2D eigenvalue weighted by molar-refractivity contribution is -0.123. The van der Waals surface area contributed by atoms with Gasteiger partial charge in [0.1, 0.15) is 0 Å². The first-order valence-electron chi connectivity index (χ1n) is 6.56. The predicted molar refractivity (Wildman–Crippen MR) is 83.6 cm³/mol. The van der Waals surface area contributed by atoms with Gasteiger partial charge in [0.05, 0.1) is 10.9 Å². The molecule has 0 aromatic carbocycles. The highest BCUT2D eigenvalue weighted by atomic mass is 32.1. The van der Waals surface area contributed by atoms with Crippen molar-refractivity contribution in [2.75, 3.05) is 6.54 Å². The van der Waals surface area contributed by atoms with Crippen LogP contribution in [0.5, 0.6) is 0 Å². The Kier molecular flexibility index (Phi) is 4.26. The van der Waals surface area contributed by atoms with Crippen LogP contribution >= 0.6 is 23.6 Å². The van der Waals surface area contributed by atoms with Gasteiger partial charge in [-0.3, -0.25) is 4.79 Å². The Bertz CT molecular complexity index is 493. The molecule has 0 saturated heterocycles. The Balaban J connectivity index is 2.01. The van der Waals surface area contributed by atoms with Gasteiger partial charge in [0.25, 0.3) is 0 Å². The fourth-order valence-corrected chi connectivity index (χ4v) is 3.34. The van der Waals surface area contributed by atoms with Crippen LogP contribution in [0.1, 0.15) is 43.0 Å². The number of fused-ring (bicyclic) bond motifs is 1. The molecule has 0 radical (unpaired) electrons. The third kappa shape index (κ3) is 3.15. The maximum Gasteiger partial charge on any atom is 0.227 e. The van der Waals surface area contributed by atoms with Crippen molar-refractivity contribution in [1.82, 2.24) is 5.32 Å². The van der Waals surface area contributed by atoms with E-state index in [2.05, 4.69) is 16.8 Å². The minimum atomic E-state index is -0.336. The van der Waals surface area contributed by atoms with Gasteiger partial charge in [-0.2, -0.15) is 0 Å². The van der Waals surface area contributed by atoms with Crippen LogP contribution in [0.4, 0.5) is 0 Å². The Morgan fingerprint density at radius 3 is 3.05 bits per heavy atom. The zero-order valence-corrected chi connectivity index (χ0v) is 13.0. The lowest BCUT2D eigenvalue weighted by Crippen LogP contribution is -2.43. The maximum absolute atomic E-state index is 12.3. The van der Waals surface area contributed by atoms with Gasteiger partial charge in [-0.1, -0.05) is 26.1 Å². The van der Waals surface area contributed by atoms with Crippen molar-refractivity contribution in [1.29, 1.82) is 0 Å². The summed E-state index contributed by atoms with van der Waals surface area (Å²) in [5.74, 6) is 0.0980. The monoisotopic (exact) mass is 296 g/mol. The van der Waals surface area contributed by atoms with Crippen molar-refractivity contribution in [3.8, 4) is 0 Å². The Morgan fingerprint density at radius 1 is 1.63 bits per heavy atom. The van der Waals surface area contributed by atoms with E-state index in [9.17, 15) is 4.79 Å². The first-order chi connectivity index (χ1) is 8.92. The van der Waals surface area contributed by atoms with Gasteiger partial charge < -0.3 is 11.1 Å². The standard InChI is InChI=1S/C14H20N2OS2/c1-14(2,13(15)18)8-16-12(17)10-4-3-5-11-9(10)6-7-19-11/h6-7,10H,3-5,8H2,1-2H3,(H2,15,18)(H,16,17). The molecule has 2 rings (SSSR count). The Labute approximate surface area is 123 Å². The van der Waals surface area contributed by atoms with E-state index in [1.807, 2.05) is 13.8 Å². The average molecular weight is 296 g/mol. The van der Waals surface area contributed by atoms with Gasteiger partial charge in [0.2, 0.25) is 5.91 Å². The van der Waals surface area contributed by atoms with Crippen LogP contribution < -0.4 is 11.1 Å². The first-order valence-corrected chi connectivity index (χ1v) is 7.84. The van der Waals surface area contributed by atoms with Crippen LogP contribution in [0.25, 0.3) is 0 Å². The minimum Gasteiger partial charge on any atom is -0.393 e. The number of thiophene rings is 1. The fourth-order valence-electron chi connectivity index (χ4n) is 2.28. The highest BCUT2D eigenvalue weighted by Crippen LogP contribution is 2.35. The van der Waals surface area contributed by atoms with Crippen LogP contribution in [-0.2, 0) is 11.2 Å². The average Bonchev–Trinajstić information content (AvgIpc) is 2.83. The molecule has 1 aromatic rings. The third-order valence-corrected chi connectivity index (χ3v) is 5.29. The predicted octanol–water partition coefficient (Wildman–Crippen LogP) is 2.60. The van der Waals surface area contributed by atoms with Gasteiger partial charge in [0.15, 0.2) is 0 Å². The van der Waals surface area contributed by atoms with Crippen LogP contribution in [0.3, 0.4) is 0 Å². The number of rotatable bonds is 4. The molecule has 1 aliphatic rings. The number of nitrogens with two attached hydrogens (primary N) is 1. The summed E-state index contributed by atoms with van der Waals surface area (Å²) in [6.07, 6.45) is 3.13. The van der Waals surface area contributed by atoms with E-state index in [1.54, 1.807) is 11.3 Å². The molecule has 1 unspecified atom stereocenters. The summed E-state index contributed by atoms with van der Waals surface area (Å²) < 4.78 is 0. The molecule has 104 valence electrons. The van der Waals surface area contributed by atoms with Crippen molar-refractivity contribution in [3.05, 3.63) is 21.9 Å². The zero-order valence-electron chi connectivity index (χ0n) is 11.4. The molecule has 0 fully saturated rings. The topological polar surface area (TPSA) is 55.1 Å². The van der Waals surface area contributed by atoms with Crippen molar-refractivity contribution < 1.29 is 4.79 Å². The minimum absolute atomic E-state index is 0.00264. The SMILES string of the molecule is CC(C)(CNC(=O)C1CCCc2sccc21)C(N)=S. The van der Waals surface area contributed by atoms with E-state index in [-0.39, 0.29) is 17.2 Å². The second-order valence-electron chi connectivity index (χ2n) is 5.71. The number of hydrogen-bond donors (Lipinski definition) is 2. The van der Waals surface area contributed by atoms with Gasteiger partial charge in [-0.05, 0) is 36.3 Å². The number of aryl methyl sites for hydroxylation is 1. The maximum atomic E-state index is 12.3. The van der Waals surface area contributed by atoms with Crippen molar-refractivity contribution in [3.63, 3.8) is 0 Å². The molecular formula is C14H20N2OS2. The molecule has 0 spiro atoms. The molecular weight excluding hydrogens is 276 g/mol. The summed E-state index contributed by atoms with van der Waals surface area (Å²) >= 11 is 6.77. The summed E-state index contributed by atoms with van der Waals surface area (Å²) in [4.78, 5) is 14.1. The molecule has 1 heterocycles. The number of hydrogen-bond acceptors (Lipinski definition) is 3. The summed E-state index contributed by atoms with van der Waals surface area (Å²) in [5.41, 5.74) is 6.55. The highest BCUT2D eigenvalue weighted by molar-refractivity contribution is 7.80. The summed E-state index contributed by atoms with van der Waals surface area (Å²) in [6.45, 7) is 4.40. The number of carbonyl (C=O) groups is 1. The number of thiocarbonyl (C=S) groups is 1. The van der Waals surface area contributed by atoms with Crippen LogP contribution in [0.2, 0.25) is 0 Å². The second kappa shape index (κ2) is 5.59. The lowest BCUT2D eigenvalue weighted by atomic mass is 9.86. The fraction of sp³-hybridized carbons (Fsp3) is 0.571. The van der Waals surface area contributed by atoms with Gasteiger partial charge in [-0.25, -0.2) is 0 Å². The lowest BCUT2D eigenvalue weighted by Gasteiger charge is -2.26. The van der Waals surface area contributed by atoms with Gasteiger partial charge >= 0.3 is 0 Å². The Hall–Kier alpha value is -0.940. The van der Waals surface area contributed by atoms with E-state index in [0.717, 1.165) is 19.3 Å². The van der Waals surface area contributed by atoms with Crippen molar-refractivity contribution >= 4 is 34.5 Å². The molecule has 1 atom stereocenters. The summed E-state index contributed by atoms with van der Waals surface area (Å²) in [5, 5.41) is 5.08. The van der Waals surface area contributed by atoms with Crippen LogP contribution in [0.15, 0.2) is 11.4 Å². The molecule has 0 saturated carbocycles. The molecule has 1 amide bonds. The summed E-state index contributed by atoms with van der Waals surface area (Å²) in [6, 6.07) is 2.09. The smallest absolute Gasteiger partial charge is 0.227 e. The van der Waals surface area contributed by atoms with Gasteiger partial charge in [0, 0.05) is 16.8 Å². The van der Waals surface area contributed by atoms with Crippen molar-refractivity contribution in [2.24, 2.45) is 11.1 Å². The van der Waals surface area contributed by atoms with Crippen LogP contribution in [-0.4, -0.2) is 17.4 Å². The molecule has 5 heteroatoms. The number of carbonyl (C=O) groups excluding carboxylic acids is 1. The van der Waals surface area contributed by atoms with Crippen LogP contribution in [0, 0.1) is 5.41 Å². The first kappa shape index (κ1) is 14.5. The zero-order chi connectivity index (χ0) is 14.0. The van der Waals surface area contributed by atoms with E-state index < -0.39 is 0 Å². The van der Waals surface area contributed by atoms with E-state index in [1.165, 1.54) is 10.4 Å². The van der Waals surface area contributed by atoms with Crippen molar-refractivity contribution in [2.45, 2.75) is 39.0 Å². The molecule has 0 bridgehead atoms. The third-order valence-electron chi connectivity index (χ3n) is 3.74. The molecule has 0 aliphatic heterocycles. The molecule has 3 nitrogen and oxygen atoms in total. The second-order valence-corrected chi connectivity index (χ2v) is 7.15. The molecule has 3 N–H and O–H groups in total. The van der Waals surface area contributed by atoms with Gasteiger partial charge in [-0.15, -0.1) is 11.3 Å². The number of nitrogens with one attached hydrogen (secondary N) is 1. The summed E-state index contributed by atoms with van der Waals surface area (Å²) in [7, 11) is 0. The molecule has 1 aromatic heterocycles. The largest absolute Gasteiger partial charge is 0.393 e. The highest BCUT2D eigenvalue weighted by Gasteiger charge is 2.29. The van der Waals surface area contributed by atoms with E-state index in [4.69, 9.17) is 18.0 Å². The molecule has 1 aliphatic carbocycles. The number of amides is 1. The Morgan fingerprint density at radius 2 is 2.37 bits per heavy atom. The quantitative estimate of drug-likeness (QED) is 0.840.